The zero-order chi connectivity index (χ0) is 19.2. The summed E-state index contributed by atoms with van der Waals surface area (Å²) in [6.45, 7) is 3.00. The first kappa shape index (κ1) is 21.5. The maximum atomic E-state index is 8.44. The Bertz CT molecular complexity index is 600. The summed E-state index contributed by atoms with van der Waals surface area (Å²) in [5, 5.41) is 8.44. The van der Waals surface area contributed by atoms with Crippen LogP contribution in [-0.2, 0) is 17.8 Å². The molecule has 0 N–H and O–H groups in total. The van der Waals surface area contributed by atoms with Gasteiger partial charge in [0.15, 0.2) is 0 Å². The van der Waals surface area contributed by atoms with Crippen LogP contribution in [0.1, 0.15) is 75.8 Å². The topological polar surface area (TPSA) is 33.0 Å². The third-order valence-corrected chi connectivity index (χ3v) is 5.53. The lowest BCUT2D eigenvalue weighted by molar-refractivity contribution is 0.00646. The second-order valence-corrected chi connectivity index (χ2v) is 7.72. The molecule has 2 heteroatoms. The van der Waals surface area contributed by atoms with Crippen molar-refractivity contribution in [1.82, 2.24) is 0 Å². The summed E-state index contributed by atoms with van der Waals surface area (Å²) in [5.74, 6) is 0.830. The molecule has 0 atom stereocenters. The van der Waals surface area contributed by atoms with Gasteiger partial charge in [-0.3, -0.25) is 0 Å². The molecule has 1 aliphatic carbocycles. The molecule has 0 amide bonds. The smallest absolute Gasteiger partial charge is 0.0912 e. The lowest BCUT2D eigenvalue weighted by Gasteiger charge is -2.28. The minimum Gasteiger partial charge on any atom is -0.374 e. The molecule has 1 aliphatic rings. The Hall–Kier alpha value is -1.85. The van der Waals surface area contributed by atoms with Gasteiger partial charge in [0.25, 0.3) is 0 Å². The van der Waals surface area contributed by atoms with E-state index in [1.807, 2.05) is 18.2 Å². The Morgan fingerprint density at radius 3 is 2.48 bits per heavy atom. The molecule has 0 aliphatic heterocycles. The van der Waals surface area contributed by atoms with Crippen molar-refractivity contribution in [1.29, 1.82) is 5.26 Å². The second kappa shape index (κ2) is 13.3. The van der Waals surface area contributed by atoms with Crippen molar-refractivity contribution in [2.75, 3.05) is 0 Å². The van der Waals surface area contributed by atoms with E-state index in [0.29, 0.717) is 6.10 Å². The van der Waals surface area contributed by atoms with Crippen LogP contribution in [-0.4, -0.2) is 6.10 Å². The number of hydrogen-bond donors (Lipinski definition) is 0. The van der Waals surface area contributed by atoms with Gasteiger partial charge in [0.1, 0.15) is 0 Å². The fourth-order valence-corrected chi connectivity index (χ4v) is 3.79. The third kappa shape index (κ3) is 9.07. The lowest BCUT2D eigenvalue weighted by Crippen LogP contribution is -2.21. The molecule has 1 aromatic rings. The second-order valence-electron chi connectivity index (χ2n) is 7.72. The summed E-state index contributed by atoms with van der Waals surface area (Å²) >= 11 is 0. The zero-order valence-corrected chi connectivity index (χ0v) is 16.9. The maximum Gasteiger partial charge on any atom is 0.0912 e. The molecule has 1 fully saturated rings. The minimum absolute atomic E-state index is 0.430. The van der Waals surface area contributed by atoms with Crippen LogP contribution in [0.2, 0.25) is 0 Å². The van der Waals surface area contributed by atoms with Crippen molar-refractivity contribution < 1.29 is 4.74 Å². The molecule has 2 rings (SSSR count). The van der Waals surface area contributed by atoms with E-state index in [-0.39, 0.29) is 0 Å². The number of unbranched alkanes of at least 4 members (excludes halogenated alkanes) is 2. The standard InChI is InChI=1S/C25H35NO/c1-2-3-7-10-22-12-14-24(15-13-22)21-27-25-18-16-23(17-19-25)11-8-5-4-6-9-20-26/h4-6,9,12-15,23,25H,2-3,7-8,10-11,16-19,21H2,1H3. The summed E-state index contributed by atoms with van der Waals surface area (Å²) < 4.78 is 6.17. The van der Waals surface area contributed by atoms with Gasteiger partial charge in [-0.15, -0.1) is 0 Å². The van der Waals surface area contributed by atoms with Gasteiger partial charge in [0.05, 0.1) is 18.8 Å². The van der Waals surface area contributed by atoms with Crippen molar-refractivity contribution >= 4 is 0 Å². The predicted octanol–water partition coefficient (Wildman–Crippen LogP) is 6.91. The molecule has 0 radical (unpaired) electrons. The van der Waals surface area contributed by atoms with E-state index in [9.17, 15) is 0 Å². The van der Waals surface area contributed by atoms with Gasteiger partial charge < -0.3 is 4.74 Å². The van der Waals surface area contributed by atoms with Crippen LogP contribution in [0.3, 0.4) is 0 Å². The van der Waals surface area contributed by atoms with E-state index in [4.69, 9.17) is 10.00 Å². The minimum atomic E-state index is 0.430. The highest BCUT2D eigenvalue weighted by molar-refractivity contribution is 5.22. The predicted molar refractivity (Wildman–Crippen MR) is 113 cm³/mol. The van der Waals surface area contributed by atoms with E-state index in [1.165, 1.54) is 75.0 Å². The Kier molecular flexibility index (Phi) is 10.6. The zero-order valence-electron chi connectivity index (χ0n) is 16.9. The Labute approximate surface area is 165 Å². The SMILES string of the molecule is CCCCCc1ccc(COC2CCC(CCC=CC=CC#N)CC2)cc1. The van der Waals surface area contributed by atoms with Crippen molar-refractivity contribution in [2.24, 2.45) is 5.92 Å². The van der Waals surface area contributed by atoms with Gasteiger partial charge in [0.2, 0.25) is 0 Å². The van der Waals surface area contributed by atoms with Gasteiger partial charge in [-0.05, 0) is 68.4 Å². The Morgan fingerprint density at radius 1 is 1.04 bits per heavy atom. The number of benzene rings is 1. The highest BCUT2D eigenvalue weighted by Gasteiger charge is 2.21. The number of nitrogens with zero attached hydrogens (tertiary/aromatic N) is 1. The quantitative estimate of drug-likeness (QED) is 0.242. The lowest BCUT2D eigenvalue weighted by atomic mass is 9.84. The van der Waals surface area contributed by atoms with Crippen LogP contribution in [0, 0.1) is 17.2 Å². The van der Waals surface area contributed by atoms with E-state index in [2.05, 4.69) is 37.3 Å². The van der Waals surface area contributed by atoms with Crippen molar-refractivity contribution in [3.63, 3.8) is 0 Å². The van der Waals surface area contributed by atoms with Gasteiger partial charge in [-0.1, -0.05) is 62.3 Å². The molecule has 1 aromatic carbocycles. The van der Waals surface area contributed by atoms with E-state index >= 15 is 0 Å². The van der Waals surface area contributed by atoms with Crippen molar-refractivity contribution in [2.45, 2.75) is 83.8 Å². The summed E-state index contributed by atoms with van der Waals surface area (Å²) in [7, 11) is 0. The highest BCUT2D eigenvalue weighted by atomic mass is 16.5. The van der Waals surface area contributed by atoms with Gasteiger partial charge in [-0.2, -0.15) is 5.26 Å². The number of hydrogen-bond acceptors (Lipinski definition) is 2. The van der Waals surface area contributed by atoms with Crippen molar-refractivity contribution in [3.05, 3.63) is 59.7 Å². The molecular formula is C25H35NO. The van der Waals surface area contributed by atoms with E-state index < -0.39 is 0 Å². The number of aryl methyl sites for hydroxylation is 1. The first-order valence-corrected chi connectivity index (χ1v) is 10.7. The van der Waals surface area contributed by atoms with Gasteiger partial charge >= 0.3 is 0 Å². The molecule has 146 valence electrons. The van der Waals surface area contributed by atoms with Crippen molar-refractivity contribution in [3.8, 4) is 6.07 Å². The molecule has 0 saturated heterocycles. The van der Waals surface area contributed by atoms with Crippen LogP contribution in [0.5, 0.6) is 0 Å². The summed E-state index contributed by atoms with van der Waals surface area (Å²) in [6.07, 6.45) is 20.3. The molecule has 0 heterocycles. The molecule has 0 aromatic heterocycles. The van der Waals surface area contributed by atoms with Crippen LogP contribution in [0.25, 0.3) is 0 Å². The van der Waals surface area contributed by atoms with Crippen LogP contribution >= 0.6 is 0 Å². The monoisotopic (exact) mass is 365 g/mol. The molecule has 1 saturated carbocycles. The normalized spacial score (nSPS) is 20.3. The van der Waals surface area contributed by atoms with Crippen LogP contribution in [0.4, 0.5) is 0 Å². The molecule has 0 unspecified atom stereocenters. The number of ether oxygens (including phenoxy) is 1. The fourth-order valence-electron chi connectivity index (χ4n) is 3.79. The van der Waals surface area contributed by atoms with Crippen LogP contribution < -0.4 is 0 Å². The van der Waals surface area contributed by atoms with Gasteiger partial charge in [-0.25, -0.2) is 0 Å². The molecule has 0 bridgehead atoms. The van der Waals surface area contributed by atoms with E-state index in [0.717, 1.165) is 18.9 Å². The average Bonchev–Trinajstić information content (AvgIpc) is 2.71. The first-order chi connectivity index (χ1) is 13.3. The fraction of sp³-hybridized carbons (Fsp3) is 0.560. The van der Waals surface area contributed by atoms with E-state index in [1.54, 1.807) is 0 Å². The largest absolute Gasteiger partial charge is 0.374 e. The number of rotatable bonds is 11. The summed E-state index contributed by atoms with van der Waals surface area (Å²) in [4.78, 5) is 0. The first-order valence-electron chi connectivity index (χ1n) is 10.7. The molecule has 27 heavy (non-hydrogen) atoms. The molecule has 0 spiro atoms. The van der Waals surface area contributed by atoms with Crippen LogP contribution in [0.15, 0.2) is 48.6 Å². The van der Waals surface area contributed by atoms with Gasteiger partial charge in [0, 0.05) is 6.08 Å². The Morgan fingerprint density at radius 2 is 1.78 bits per heavy atom. The summed E-state index contributed by atoms with van der Waals surface area (Å²) in [6, 6.07) is 11.0. The molecule has 2 nitrogen and oxygen atoms in total. The number of allylic oxidation sites excluding steroid dienone is 4. The molecular weight excluding hydrogens is 330 g/mol. The third-order valence-electron chi connectivity index (χ3n) is 5.53. The highest BCUT2D eigenvalue weighted by Crippen LogP contribution is 2.30. The summed E-state index contributed by atoms with van der Waals surface area (Å²) in [5.41, 5.74) is 2.75. The Balaban J connectivity index is 1.59. The maximum absolute atomic E-state index is 8.44. The number of nitriles is 1. The average molecular weight is 366 g/mol.